The number of ether oxygens (including phenoxy) is 1. The second-order valence-corrected chi connectivity index (χ2v) is 10.4. The van der Waals surface area contributed by atoms with E-state index in [1.54, 1.807) is 0 Å². The predicted octanol–water partition coefficient (Wildman–Crippen LogP) is 3.34. The van der Waals surface area contributed by atoms with E-state index in [-0.39, 0.29) is 27.6 Å². The van der Waals surface area contributed by atoms with Gasteiger partial charge in [0, 0.05) is 28.3 Å². The van der Waals surface area contributed by atoms with Crippen LogP contribution in [0, 0.1) is 11.3 Å². The van der Waals surface area contributed by atoms with Crippen LogP contribution in [-0.4, -0.2) is 47.0 Å². The molecule has 5 rings (SSSR count). The highest BCUT2D eigenvalue weighted by atomic mass is 79.9. The Labute approximate surface area is 192 Å². The molecule has 32 heavy (non-hydrogen) atoms. The van der Waals surface area contributed by atoms with Crippen molar-refractivity contribution in [2.75, 3.05) is 26.9 Å². The number of imidazole rings is 1. The zero-order valence-electron chi connectivity index (χ0n) is 17.8. The largest absolute Gasteiger partial charge is 0.418 e. The number of hydrazine groups is 1. The van der Waals surface area contributed by atoms with Crippen LogP contribution in [0.15, 0.2) is 27.7 Å². The number of rotatable bonds is 4. The highest BCUT2D eigenvalue weighted by Crippen LogP contribution is 2.49. The number of nitrogens with one attached hydrogen (secondary N) is 2. The molecule has 0 bridgehead atoms. The Morgan fingerprint density at radius 2 is 2.06 bits per heavy atom. The van der Waals surface area contributed by atoms with E-state index >= 15 is 0 Å². The van der Waals surface area contributed by atoms with E-state index < -0.39 is 17.4 Å². The molecule has 3 atom stereocenters. The molecular formula is C21H27BrF3N5O2. The van der Waals surface area contributed by atoms with Gasteiger partial charge in [-0.1, -0.05) is 6.42 Å². The molecule has 4 heterocycles. The summed E-state index contributed by atoms with van der Waals surface area (Å²) in [5, 5.41) is 0. The van der Waals surface area contributed by atoms with Gasteiger partial charge in [0.25, 0.3) is 0 Å². The van der Waals surface area contributed by atoms with Crippen molar-refractivity contribution in [3.8, 4) is 0 Å². The van der Waals surface area contributed by atoms with Crippen molar-refractivity contribution in [1.82, 2.24) is 24.7 Å². The fraction of sp³-hybridized carbons (Fsp3) is 0.667. The van der Waals surface area contributed by atoms with E-state index in [4.69, 9.17) is 4.74 Å². The van der Waals surface area contributed by atoms with E-state index in [1.807, 2.05) is 0 Å². The second kappa shape index (κ2) is 8.12. The third kappa shape index (κ3) is 3.81. The molecule has 3 fully saturated rings. The summed E-state index contributed by atoms with van der Waals surface area (Å²) in [5.41, 5.74) is 5.19. The Morgan fingerprint density at radius 1 is 1.28 bits per heavy atom. The van der Waals surface area contributed by atoms with Gasteiger partial charge in [-0.2, -0.15) is 13.2 Å². The lowest BCUT2D eigenvalue weighted by Gasteiger charge is -2.51. The van der Waals surface area contributed by atoms with Crippen LogP contribution in [0.2, 0.25) is 0 Å². The first kappa shape index (κ1) is 22.4. The fourth-order valence-electron chi connectivity index (χ4n) is 5.62. The number of hydrogen-bond acceptors (Lipinski definition) is 5. The van der Waals surface area contributed by atoms with Gasteiger partial charge in [0.05, 0.1) is 37.1 Å². The highest BCUT2D eigenvalue weighted by Gasteiger charge is 2.49. The van der Waals surface area contributed by atoms with Gasteiger partial charge >= 0.3 is 11.9 Å². The van der Waals surface area contributed by atoms with Gasteiger partial charge in [-0.15, -0.1) is 0 Å². The molecule has 2 N–H and O–H groups in total. The van der Waals surface area contributed by atoms with Crippen LogP contribution in [-0.2, 0) is 10.9 Å². The van der Waals surface area contributed by atoms with Crippen molar-refractivity contribution >= 4 is 21.4 Å². The third-order valence-corrected chi connectivity index (χ3v) is 7.91. The average molecular weight is 518 g/mol. The van der Waals surface area contributed by atoms with Crippen LogP contribution in [0.3, 0.4) is 0 Å². The molecule has 11 heteroatoms. The molecule has 2 saturated heterocycles. The SMILES string of the molecule is CN1CNNC1CC1(C2CCCC(n3cc4c(C(F)(F)F)cc(Br)cn4c3=O)C2)COC1. The Balaban J connectivity index is 1.44. The number of aromatic nitrogens is 2. The minimum Gasteiger partial charge on any atom is -0.380 e. The van der Waals surface area contributed by atoms with Crippen LogP contribution in [0.25, 0.3) is 5.52 Å². The molecule has 0 aromatic carbocycles. The van der Waals surface area contributed by atoms with Gasteiger partial charge in [-0.05, 0) is 60.6 Å². The molecule has 3 aliphatic rings. The minimum atomic E-state index is -4.54. The molecule has 0 spiro atoms. The Hall–Kier alpha value is -1.40. The van der Waals surface area contributed by atoms with Crippen molar-refractivity contribution in [3.05, 3.63) is 39.0 Å². The number of halogens is 4. The number of pyridine rings is 1. The lowest BCUT2D eigenvalue weighted by Crippen LogP contribution is -2.54. The first-order chi connectivity index (χ1) is 15.2. The van der Waals surface area contributed by atoms with Crippen LogP contribution >= 0.6 is 15.9 Å². The van der Waals surface area contributed by atoms with E-state index in [0.717, 1.165) is 49.2 Å². The molecule has 7 nitrogen and oxygen atoms in total. The maximum Gasteiger partial charge on any atom is 0.418 e. The quantitative estimate of drug-likeness (QED) is 0.651. The van der Waals surface area contributed by atoms with Crippen molar-refractivity contribution in [2.45, 2.75) is 50.5 Å². The van der Waals surface area contributed by atoms with E-state index in [9.17, 15) is 18.0 Å². The van der Waals surface area contributed by atoms with Crippen molar-refractivity contribution in [1.29, 1.82) is 0 Å². The molecule has 2 aliphatic heterocycles. The molecule has 2 aromatic rings. The van der Waals surface area contributed by atoms with E-state index in [1.165, 1.54) is 17.0 Å². The lowest BCUT2D eigenvalue weighted by atomic mass is 9.64. The number of fused-ring (bicyclic) bond motifs is 1. The first-order valence-electron chi connectivity index (χ1n) is 10.9. The van der Waals surface area contributed by atoms with E-state index in [2.05, 4.69) is 38.7 Å². The van der Waals surface area contributed by atoms with Crippen molar-refractivity contribution in [3.63, 3.8) is 0 Å². The second-order valence-electron chi connectivity index (χ2n) is 9.47. The summed E-state index contributed by atoms with van der Waals surface area (Å²) in [4.78, 5) is 15.3. The molecular weight excluding hydrogens is 491 g/mol. The predicted molar refractivity (Wildman–Crippen MR) is 116 cm³/mol. The summed E-state index contributed by atoms with van der Waals surface area (Å²) in [6.07, 6.45) is 2.97. The molecule has 3 unspecified atom stereocenters. The van der Waals surface area contributed by atoms with Gasteiger partial charge in [0.15, 0.2) is 0 Å². The lowest BCUT2D eigenvalue weighted by molar-refractivity contribution is -0.167. The van der Waals surface area contributed by atoms with E-state index in [0.29, 0.717) is 19.1 Å². The smallest absolute Gasteiger partial charge is 0.380 e. The maximum absolute atomic E-state index is 13.6. The first-order valence-corrected chi connectivity index (χ1v) is 11.7. The monoisotopic (exact) mass is 517 g/mol. The molecule has 1 aliphatic carbocycles. The molecule has 0 radical (unpaired) electrons. The summed E-state index contributed by atoms with van der Waals surface area (Å²) in [7, 11) is 2.07. The minimum absolute atomic E-state index is 0.0273. The topological polar surface area (TPSA) is 62.9 Å². The molecule has 1 saturated carbocycles. The van der Waals surface area contributed by atoms with Crippen LogP contribution in [0.5, 0.6) is 0 Å². The van der Waals surface area contributed by atoms with Crippen LogP contribution in [0.1, 0.15) is 43.7 Å². The number of alkyl halides is 3. The average Bonchev–Trinajstić information content (AvgIpc) is 3.26. The summed E-state index contributed by atoms with van der Waals surface area (Å²) in [6.45, 7) is 2.15. The summed E-state index contributed by atoms with van der Waals surface area (Å²) in [5.74, 6) is 0.356. The summed E-state index contributed by atoms with van der Waals surface area (Å²) >= 11 is 3.12. The van der Waals surface area contributed by atoms with Crippen molar-refractivity contribution in [2.24, 2.45) is 11.3 Å². The van der Waals surface area contributed by atoms with Gasteiger partial charge in [-0.25, -0.2) is 15.6 Å². The van der Waals surface area contributed by atoms with Crippen LogP contribution < -0.4 is 16.5 Å². The Kier molecular flexibility index (Phi) is 5.68. The third-order valence-electron chi connectivity index (χ3n) is 7.48. The zero-order valence-corrected chi connectivity index (χ0v) is 19.4. The van der Waals surface area contributed by atoms with Gasteiger partial charge in [-0.3, -0.25) is 13.9 Å². The fourth-order valence-corrected chi connectivity index (χ4v) is 6.05. The number of hydrogen-bond donors (Lipinski definition) is 2. The van der Waals surface area contributed by atoms with Gasteiger partial charge in [0.2, 0.25) is 0 Å². The summed E-state index contributed by atoms with van der Waals surface area (Å²) in [6, 6.07) is 0.911. The van der Waals surface area contributed by atoms with Gasteiger partial charge in [0.1, 0.15) is 0 Å². The normalized spacial score (nSPS) is 28.8. The molecule has 176 valence electrons. The molecule has 0 amide bonds. The summed E-state index contributed by atoms with van der Waals surface area (Å²) < 4.78 is 49.3. The number of nitrogens with zero attached hydrogens (tertiary/aromatic N) is 3. The Bertz CT molecular complexity index is 1060. The maximum atomic E-state index is 13.6. The standard InChI is InChI=1S/C21H27BrF3N5O2/c1-28-12-26-27-18(28)7-20(10-32-11-20)13-3-2-4-15(5-13)29-9-17-16(21(23,24)25)6-14(22)8-30(17)19(29)31/h6,8-9,13,15,18,26-27H,2-5,7,10-12H2,1H3. The van der Waals surface area contributed by atoms with Crippen molar-refractivity contribution < 1.29 is 17.9 Å². The van der Waals surface area contributed by atoms with Crippen LogP contribution in [0.4, 0.5) is 13.2 Å². The van der Waals surface area contributed by atoms with Gasteiger partial charge < -0.3 is 4.74 Å². The Morgan fingerprint density at radius 3 is 2.69 bits per heavy atom. The molecule has 2 aromatic heterocycles. The zero-order chi connectivity index (χ0) is 22.7. The highest BCUT2D eigenvalue weighted by molar-refractivity contribution is 9.10.